The molecule has 226 valence electrons. The fraction of sp³-hybridized carbons (Fsp3) is 0. The summed E-state index contributed by atoms with van der Waals surface area (Å²) in [6.07, 6.45) is 0. The summed E-state index contributed by atoms with van der Waals surface area (Å²) in [5.41, 5.74) is 8.21. The molecular weight excluding hydrogens is 615 g/mol. The van der Waals surface area contributed by atoms with Crippen LogP contribution in [0.5, 0.6) is 0 Å². The van der Waals surface area contributed by atoms with Crippen LogP contribution in [0.3, 0.4) is 0 Å². The van der Waals surface area contributed by atoms with E-state index in [-0.39, 0.29) is 15.2 Å². The maximum atomic E-state index is 12.4. The van der Waals surface area contributed by atoms with E-state index in [1.807, 2.05) is 48.5 Å². The van der Waals surface area contributed by atoms with Crippen LogP contribution in [-0.4, -0.2) is 25.9 Å². The first kappa shape index (κ1) is 29.9. The van der Waals surface area contributed by atoms with Crippen molar-refractivity contribution >= 4 is 75.9 Å². The van der Waals surface area contributed by atoms with Gasteiger partial charge in [0, 0.05) is 39.0 Å². The summed E-state index contributed by atoms with van der Waals surface area (Å²) in [6.45, 7) is 0. The number of fused-ring (bicyclic) bond motifs is 2. The molecule has 0 heterocycles. The molecule has 0 spiro atoms. The molecule has 0 radical (unpaired) electrons. The summed E-state index contributed by atoms with van der Waals surface area (Å²) in [5, 5.41) is 13.7. The summed E-state index contributed by atoms with van der Waals surface area (Å²) in [4.78, 5) is -0.556. The molecule has 13 heteroatoms. The predicted molar refractivity (Wildman–Crippen MR) is 173 cm³/mol. The van der Waals surface area contributed by atoms with Crippen molar-refractivity contribution in [3.63, 3.8) is 0 Å². The van der Waals surface area contributed by atoms with Crippen molar-refractivity contribution in [2.45, 2.75) is 9.79 Å². The average Bonchev–Trinajstić information content (AvgIpc) is 3.03. The van der Waals surface area contributed by atoms with Crippen molar-refractivity contribution in [2.24, 2.45) is 10.2 Å². The van der Waals surface area contributed by atoms with Crippen LogP contribution in [0.2, 0.25) is 0 Å². The van der Waals surface area contributed by atoms with Gasteiger partial charge in [0.15, 0.2) is 5.69 Å². The van der Waals surface area contributed by atoms with Gasteiger partial charge in [0.1, 0.15) is 4.90 Å². The number of nitrogens with two attached hydrogens (primary N) is 1. The van der Waals surface area contributed by atoms with E-state index in [1.165, 1.54) is 24.3 Å². The lowest BCUT2D eigenvalue weighted by atomic mass is 10.1. The maximum Gasteiger partial charge on any atom is 0.295 e. The van der Waals surface area contributed by atoms with Crippen molar-refractivity contribution < 1.29 is 31.4 Å². The van der Waals surface area contributed by atoms with Crippen LogP contribution < -0.4 is 16.2 Å². The van der Waals surface area contributed by atoms with Gasteiger partial charge in [0.25, 0.3) is 20.2 Å². The van der Waals surface area contributed by atoms with E-state index in [4.69, 9.17) is 0 Å². The Morgan fingerprint density at radius 3 is 2.02 bits per heavy atom. The molecule has 6 N–H and O–H groups in total. The molecule has 0 aliphatic carbocycles. The molecule has 0 aliphatic rings. The van der Waals surface area contributed by atoms with Crippen LogP contribution in [0.15, 0.2) is 141 Å². The quantitative estimate of drug-likeness (QED) is 0.0374. The predicted octanol–water partition coefficient (Wildman–Crippen LogP) is 6.87. The first-order chi connectivity index (χ1) is 21.6. The molecule has 0 atom stereocenters. The summed E-state index contributed by atoms with van der Waals surface area (Å²) in [7, 11) is -9.08. The largest absolute Gasteiger partial charge is 0.355 e. The zero-order valence-corrected chi connectivity index (χ0v) is 25.0. The number of rotatable bonds is 9. The first-order valence-corrected chi connectivity index (χ1v) is 16.4. The SMILES string of the molecule is O=S(=O)(O)c1ccc2c(N=Nc3ccccc3)ccc(N[NH2+]c3ccc(Nc4ccccc4)c4c(S(=O)(=O)O)cccc34)c2c1. The van der Waals surface area contributed by atoms with Gasteiger partial charge in [-0.1, -0.05) is 48.5 Å². The van der Waals surface area contributed by atoms with E-state index >= 15 is 0 Å². The third-order valence-corrected chi connectivity index (χ3v) is 8.79. The molecular formula is C32H26N5O6S2+. The average molecular weight is 641 g/mol. The Kier molecular flexibility index (Phi) is 8.01. The Morgan fingerprint density at radius 1 is 0.600 bits per heavy atom. The minimum absolute atomic E-state index is 0.259. The first-order valence-electron chi connectivity index (χ1n) is 13.5. The van der Waals surface area contributed by atoms with Gasteiger partial charge in [-0.25, -0.2) is 10.9 Å². The molecule has 0 aliphatic heterocycles. The Hall–Kier alpha value is -5.18. The van der Waals surface area contributed by atoms with Crippen molar-refractivity contribution in [2.75, 3.05) is 10.7 Å². The fourth-order valence-electron chi connectivity index (χ4n) is 4.96. The number of quaternary nitrogens is 1. The highest BCUT2D eigenvalue weighted by Crippen LogP contribution is 2.36. The third kappa shape index (κ3) is 6.52. The van der Waals surface area contributed by atoms with Crippen molar-refractivity contribution in [1.29, 1.82) is 0 Å². The second kappa shape index (κ2) is 12.1. The molecule has 0 amide bonds. The lowest BCUT2D eigenvalue weighted by molar-refractivity contribution is -0.536. The maximum absolute atomic E-state index is 12.4. The van der Waals surface area contributed by atoms with Crippen LogP contribution in [0.1, 0.15) is 0 Å². The summed E-state index contributed by atoms with van der Waals surface area (Å²) in [6, 6.07) is 34.0. The second-order valence-electron chi connectivity index (χ2n) is 9.99. The van der Waals surface area contributed by atoms with Crippen molar-refractivity contribution in [3.8, 4) is 0 Å². The lowest BCUT2D eigenvalue weighted by Gasteiger charge is -2.15. The van der Waals surface area contributed by atoms with Gasteiger partial charge in [0.2, 0.25) is 0 Å². The van der Waals surface area contributed by atoms with Crippen LogP contribution in [0.4, 0.5) is 34.1 Å². The van der Waals surface area contributed by atoms with Crippen LogP contribution in [0.25, 0.3) is 21.5 Å². The number of nitrogen functional groups attached to an aromatic ring is 1. The highest BCUT2D eigenvalue weighted by atomic mass is 32.2. The molecule has 6 rings (SSSR count). The summed E-state index contributed by atoms with van der Waals surface area (Å²) in [5.74, 6) is 0. The van der Waals surface area contributed by atoms with Crippen molar-refractivity contribution in [1.82, 2.24) is 0 Å². The highest BCUT2D eigenvalue weighted by molar-refractivity contribution is 7.86. The number of benzene rings is 6. The van der Waals surface area contributed by atoms with Gasteiger partial charge in [-0.2, -0.15) is 21.9 Å². The number of hydrogen-bond donors (Lipinski definition) is 5. The second-order valence-corrected chi connectivity index (χ2v) is 12.8. The molecule has 11 nitrogen and oxygen atoms in total. The molecule has 0 unspecified atom stereocenters. The summed E-state index contributed by atoms with van der Waals surface area (Å²) < 4.78 is 68.6. The van der Waals surface area contributed by atoms with Crippen molar-refractivity contribution in [3.05, 3.63) is 121 Å². The minimum atomic E-state index is -4.58. The number of para-hydroxylation sites is 1. The molecule has 0 fully saturated rings. The Labute approximate surface area is 258 Å². The fourth-order valence-corrected chi connectivity index (χ4v) is 6.20. The van der Waals surface area contributed by atoms with Gasteiger partial charge in [-0.15, -0.1) is 5.11 Å². The van der Waals surface area contributed by atoms with E-state index in [2.05, 4.69) is 21.0 Å². The van der Waals surface area contributed by atoms with Gasteiger partial charge in [0.05, 0.1) is 22.0 Å². The smallest absolute Gasteiger partial charge is 0.295 e. The zero-order chi connectivity index (χ0) is 31.6. The zero-order valence-electron chi connectivity index (χ0n) is 23.4. The molecule has 0 aromatic heterocycles. The number of anilines is 3. The minimum Gasteiger partial charge on any atom is -0.355 e. The monoisotopic (exact) mass is 640 g/mol. The van der Waals surface area contributed by atoms with Gasteiger partial charge < -0.3 is 5.32 Å². The highest BCUT2D eigenvalue weighted by Gasteiger charge is 2.21. The Balaban J connectivity index is 1.42. The molecule has 0 saturated heterocycles. The van der Waals surface area contributed by atoms with E-state index < -0.39 is 20.2 Å². The third-order valence-electron chi connectivity index (χ3n) is 7.04. The van der Waals surface area contributed by atoms with Gasteiger partial charge in [-0.05, 0) is 66.7 Å². The number of hydrogen-bond acceptors (Lipinski definition) is 8. The number of nitrogens with one attached hydrogen (secondary N) is 2. The van der Waals surface area contributed by atoms with E-state index in [0.29, 0.717) is 44.6 Å². The molecule has 0 saturated carbocycles. The molecule has 0 bridgehead atoms. The molecule has 6 aromatic carbocycles. The lowest BCUT2D eigenvalue weighted by Crippen LogP contribution is -2.82. The van der Waals surface area contributed by atoms with Crippen LogP contribution in [-0.2, 0) is 20.2 Å². The Bertz CT molecular complexity index is 2300. The van der Waals surface area contributed by atoms with E-state index in [1.54, 1.807) is 54.0 Å². The van der Waals surface area contributed by atoms with Gasteiger partial charge in [-0.3, -0.25) is 9.11 Å². The number of nitrogens with zero attached hydrogens (tertiary/aromatic N) is 2. The number of azo groups is 1. The normalized spacial score (nSPS) is 12.1. The summed E-state index contributed by atoms with van der Waals surface area (Å²) >= 11 is 0. The van der Waals surface area contributed by atoms with Crippen LogP contribution >= 0.6 is 0 Å². The van der Waals surface area contributed by atoms with Crippen LogP contribution in [0, 0.1) is 0 Å². The Morgan fingerprint density at radius 2 is 1.31 bits per heavy atom. The molecule has 6 aromatic rings. The standard InChI is InChI=1S/C32H25N5O6S2/c38-44(39,40)23-14-15-24-26(20-23)29(17-16-27(24)35-34-22-10-5-2-6-11-22)37-36-28-18-19-30(33-21-8-3-1-4-9-21)32-25(28)12-7-13-31(32)45(41,42)43/h1-20,33,36-37H,(H,38,39,40)(H,41,42,43)/p+1. The topological polar surface area (TPSA) is 174 Å². The van der Waals surface area contributed by atoms with E-state index in [9.17, 15) is 25.9 Å². The molecule has 45 heavy (non-hydrogen) atoms. The van der Waals surface area contributed by atoms with Gasteiger partial charge >= 0.3 is 0 Å². The van der Waals surface area contributed by atoms with E-state index in [0.717, 1.165) is 5.69 Å².